The van der Waals surface area contributed by atoms with Gasteiger partial charge in [0, 0.05) is 17.3 Å². The van der Waals surface area contributed by atoms with Gasteiger partial charge in [0.05, 0.1) is 5.75 Å². The number of nitrogens with one attached hydrogen (secondary N) is 2. The van der Waals surface area contributed by atoms with Gasteiger partial charge in [0.15, 0.2) is 14.8 Å². The number of benzene rings is 2. The maximum Gasteiger partial charge on any atom is 0.271 e. The smallest absolute Gasteiger partial charge is 0.271 e. The molecule has 1 amide bonds. The van der Waals surface area contributed by atoms with Crippen LogP contribution in [0.3, 0.4) is 0 Å². The van der Waals surface area contributed by atoms with Gasteiger partial charge in [-0.1, -0.05) is 65.0 Å². The zero-order valence-electron chi connectivity index (χ0n) is 15.4. The number of thiazole rings is 1. The van der Waals surface area contributed by atoms with Crippen molar-refractivity contribution in [1.82, 2.24) is 19.9 Å². The third-order valence-electron chi connectivity index (χ3n) is 4.18. The van der Waals surface area contributed by atoms with Crippen molar-refractivity contribution in [2.24, 2.45) is 0 Å². The van der Waals surface area contributed by atoms with E-state index in [1.807, 2.05) is 42.5 Å². The highest BCUT2D eigenvalue weighted by molar-refractivity contribution is 7.99. The highest BCUT2D eigenvalue weighted by atomic mass is 35.5. The SMILES string of the molecule is O=C(CSc1nc2c(sc(=S)n2-c2ccc(Cl)cc2)c(=O)[nH]1)NCc1ccccc1. The number of hydrogen-bond acceptors (Lipinski definition) is 6. The van der Waals surface area contributed by atoms with Crippen molar-refractivity contribution in [3.63, 3.8) is 0 Å². The molecule has 0 fully saturated rings. The first-order chi connectivity index (χ1) is 14.5. The Kier molecular flexibility index (Phi) is 6.33. The fourth-order valence-electron chi connectivity index (χ4n) is 2.76. The van der Waals surface area contributed by atoms with Gasteiger partial charge in [-0.3, -0.25) is 14.2 Å². The Morgan fingerprint density at radius 2 is 1.93 bits per heavy atom. The number of rotatable bonds is 6. The van der Waals surface area contributed by atoms with Crippen LogP contribution in [0.1, 0.15) is 5.56 Å². The van der Waals surface area contributed by atoms with Gasteiger partial charge in [-0.05, 0) is 42.0 Å². The first-order valence-corrected chi connectivity index (χ1v) is 11.5. The summed E-state index contributed by atoms with van der Waals surface area (Å²) in [7, 11) is 0. The molecule has 0 unspecified atom stereocenters. The topological polar surface area (TPSA) is 79.8 Å². The van der Waals surface area contributed by atoms with E-state index >= 15 is 0 Å². The third kappa shape index (κ3) is 4.65. The summed E-state index contributed by atoms with van der Waals surface area (Å²) in [4.78, 5) is 32.0. The van der Waals surface area contributed by atoms with Crippen molar-refractivity contribution < 1.29 is 4.79 Å². The summed E-state index contributed by atoms with van der Waals surface area (Å²) in [6, 6.07) is 16.8. The molecule has 152 valence electrons. The van der Waals surface area contributed by atoms with Gasteiger partial charge in [0.1, 0.15) is 4.70 Å². The molecule has 2 N–H and O–H groups in total. The summed E-state index contributed by atoms with van der Waals surface area (Å²) < 4.78 is 2.68. The fourth-order valence-corrected chi connectivity index (χ4v) is 4.84. The highest BCUT2D eigenvalue weighted by Crippen LogP contribution is 2.25. The molecule has 0 aliphatic carbocycles. The molecule has 4 rings (SSSR count). The van der Waals surface area contributed by atoms with Gasteiger partial charge in [-0.25, -0.2) is 4.98 Å². The fraction of sp³-hybridized carbons (Fsp3) is 0.100. The molecule has 2 aromatic carbocycles. The number of carbonyl (C=O) groups excluding carboxylic acids is 1. The van der Waals surface area contributed by atoms with Crippen LogP contribution in [0.4, 0.5) is 0 Å². The van der Waals surface area contributed by atoms with E-state index in [1.165, 1.54) is 23.1 Å². The van der Waals surface area contributed by atoms with Crippen LogP contribution in [-0.4, -0.2) is 26.2 Å². The Morgan fingerprint density at radius 1 is 1.20 bits per heavy atom. The van der Waals surface area contributed by atoms with Crippen molar-refractivity contribution in [2.45, 2.75) is 11.7 Å². The second-order valence-corrected chi connectivity index (χ2v) is 9.30. The normalized spacial score (nSPS) is 11.0. The number of H-pyrrole nitrogens is 1. The van der Waals surface area contributed by atoms with Gasteiger partial charge in [0.25, 0.3) is 5.56 Å². The lowest BCUT2D eigenvalue weighted by atomic mass is 10.2. The summed E-state index contributed by atoms with van der Waals surface area (Å²) >= 11 is 13.8. The van der Waals surface area contributed by atoms with Crippen molar-refractivity contribution in [2.75, 3.05) is 5.75 Å². The zero-order valence-corrected chi connectivity index (χ0v) is 18.6. The van der Waals surface area contributed by atoms with E-state index in [0.717, 1.165) is 11.3 Å². The monoisotopic (exact) mass is 474 g/mol. The summed E-state index contributed by atoms with van der Waals surface area (Å²) in [6.07, 6.45) is 0. The third-order valence-corrected chi connectivity index (χ3v) is 6.67. The largest absolute Gasteiger partial charge is 0.351 e. The maximum atomic E-state index is 12.5. The molecular formula is C20H15ClN4O2S3. The minimum Gasteiger partial charge on any atom is -0.351 e. The number of amides is 1. The van der Waals surface area contributed by atoms with Gasteiger partial charge < -0.3 is 10.3 Å². The van der Waals surface area contributed by atoms with Crippen LogP contribution in [0.15, 0.2) is 64.5 Å². The zero-order chi connectivity index (χ0) is 21.1. The maximum absolute atomic E-state index is 12.5. The van der Waals surface area contributed by atoms with Crippen molar-refractivity contribution in [3.8, 4) is 5.69 Å². The van der Waals surface area contributed by atoms with Crippen LogP contribution in [0.2, 0.25) is 5.02 Å². The quantitative estimate of drug-likeness (QED) is 0.243. The molecule has 0 saturated carbocycles. The summed E-state index contributed by atoms with van der Waals surface area (Å²) in [5, 5.41) is 3.82. The van der Waals surface area contributed by atoms with E-state index in [9.17, 15) is 9.59 Å². The number of thioether (sulfide) groups is 1. The van der Waals surface area contributed by atoms with E-state index in [1.54, 1.807) is 16.7 Å². The average Bonchev–Trinajstić information content (AvgIpc) is 3.08. The standard InChI is InChI=1S/C20H15ClN4O2S3/c21-13-6-8-14(9-7-13)25-17-16(30-20(25)28)18(27)24-19(23-17)29-11-15(26)22-10-12-4-2-1-3-5-12/h1-9H,10-11H2,(H,22,26)(H,23,24,27). The lowest BCUT2D eigenvalue weighted by Crippen LogP contribution is -2.24. The van der Waals surface area contributed by atoms with Gasteiger partial charge >= 0.3 is 0 Å². The number of nitrogens with zero attached hydrogens (tertiary/aromatic N) is 2. The van der Waals surface area contributed by atoms with E-state index in [4.69, 9.17) is 23.8 Å². The van der Waals surface area contributed by atoms with Crippen LogP contribution in [0, 0.1) is 3.95 Å². The molecular weight excluding hydrogens is 460 g/mol. The van der Waals surface area contributed by atoms with Crippen LogP contribution in [-0.2, 0) is 11.3 Å². The molecule has 0 aliphatic heterocycles. The molecule has 0 saturated heterocycles. The van der Waals surface area contributed by atoms with Crippen molar-refractivity contribution >= 4 is 63.2 Å². The van der Waals surface area contributed by atoms with Crippen LogP contribution in [0.25, 0.3) is 16.0 Å². The Morgan fingerprint density at radius 3 is 2.67 bits per heavy atom. The summed E-state index contributed by atoms with van der Waals surface area (Å²) in [6.45, 7) is 0.448. The number of aromatic nitrogens is 3. The number of hydrogen-bond donors (Lipinski definition) is 2. The van der Waals surface area contributed by atoms with Crippen molar-refractivity contribution in [1.29, 1.82) is 0 Å². The Hall–Kier alpha value is -2.46. The molecule has 0 atom stereocenters. The second-order valence-electron chi connectivity index (χ2n) is 6.25. The molecule has 0 aliphatic rings. The Balaban J connectivity index is 1.54. The number of carbonyl (C=O) groups is 1. The van der Waals surface area contributed by atoms with Crippen LogP contribution < -0.4 is 10.9 Å². The molecule has 6 nitrogen and oxygen atoms in total. The van der Waals surface area contributed by atoms with E-state index < -0.39 is 0 Å². The van der Waals surface area contributed by atoms with Gasteiger partial charge in [-0.2, -0.15) is 0 Å². The van der Waals surface area contributed by atoms with E-state index in [0.29, 0.717) is 31.0 Å². The lowest BCUT2D eigenvalue weighted by Gasteiger charge is -2.06. The molecule has 0 radical (unpaired) electrons. The number of halogens is 1. The molecule has 0 spiro atoms. The molecule has 2 heterocycles. The summed E-state index contributed by atoms with van der Waals surface area (Å²) in [5.74, 6) is -0.0148. The number of fused-ring (bicyclic) bond motifs is 1. The lowest BCUT2D eigenvalue weighted by molar-refractivity contribution is -0.118. The molecule has 30 heavy (non-hydrogen) atoms. The highest BCUT2D eigenvalue weighted by Gasteiger charge is 2.14. The molecule has 2 aromatic heterocycles. The Bertz CT molecular complexity index is 1310. The van der Waals surface area contributed by atoms with E-state index in [-0.39, 0.29) is 17.2 Å². The first-order valence-electron chi connectivity index (χ1n) is 8.86. The first kappa shape index (κ1) is 20.8. The summed E-state index contributed by atoms with van der Waals surface area (Å²) in [5.41, 5.74) is 1.97. The van der Waals surface area contributed by atoms with E-state index in [2.05, 4.69) is 15.3 Å². The van der Waals surface area contributed by atoms with Crippen LogP contribution in [0.5, 0.6) is 0 Å². The molecule has 0 bridgehead atoms. The predicted molar refractivity (Wildman–Crippen MR) is 124 cm³/mol. The van der Waals surface area contributed by atoms with Crippen molar-refractivity contribution in [3.05, 3.63) is 79.5 Å². The second kappa shape index (κ2) is 9.13. The van der Waals surface area contributed by atoms with Crippen LogP contribution >= 0.6 is 46.9 Å². The predicted octanol–water partition coefficient (Wildman–Crippen LogP) is 4.57. The average molecular weight is 475 g/mol. The Labute approximate surface area is 189 Å². The van der Waals surface area contributed by atoms with Gasteiger partial charge in [-0.15, -0.1) is 0 Å². The minimum atomic E-state index is -0.281. The number of aromatic amines is 1. The minimum absolute atomic E-state index is 0.132. The molecule has 4 aromatic rings. The molecule has 10 heteroatoms. The van der Waals surface area contributed by atoms with Gasteiger partial charge in [0.2, 0.25) is 5.91 Å².